The highest BCUT2D eigenvalue weighted by Crippen LogP contribution is 2.38. The molecule has 0 spiro atoms. The van der Waals surface area contributed by atoms with Gasteiger partial charge >= 0.3 is 0 Å². The molecule has 1 aliphatic heterocycles. The van der Waals surface area contributed by atoms with Gasteiger partial charge in [0.2, 0.25) is 5.91 Å². The first kappa shape index (κ1) is 22.7. The summed E-state index contributed by atoms with van der Waals surface area (Å²) in [6, 6.07) is 14.1. The number of rotatable bonds is 4. The molecule has 1 saturated heterocycles. The maximum absolute atomic E-state index is 11.9. The molecule has 8 nitrogen and oxygen atoms in total. The zero-order chi connectivity index (χ0) is 24.5. The molecule has 9 heteroatoms. The number of aryl methyl sites for hydroxylation is 1. The molecule has 0 saturated carbocycles. The van der Waals surface area contributed by atoms with Crippen LogP contribution >= 0.6 is 11.8 Å². The van der Waals surface area contributed by atoms with Crippen LogP contribution in [-0.2, 0) is 4.79 Å². The number of likely N-dealkylation sites (tertiary alicyclic amines) is 1. The molecule has 35 heavy (non-hydrogen) atoms. The summed E-state index contributed by atoms with van der Waals surface area (Å²) in [7, 11) is 0. The van der Waals surface area contributed by atoms with E-state index in [0.29, 0.717) is 23.2 Å². The van der Waals surface area contributed by atoms with Crippen molar-refractivity contribution >= 4 is 23.2 Å². The highest BCUT2D eigenvalue weighted by molar-refractivity contribution is 7.99. The minimum Gasteiger partial charge on any atom is -0.341 e. The van der Waals surface area contributed by atoms with Gasteiger partial charge in [0.25, 0.3) is 0 Å². The number of fused-ring (bicyclic) bond motifs is 1. The Morgan fingerprint density at radius 1 is 1.14 bits per heavy atom. The third kappa shape index (κ3) is 4.27. The van der Waals surface area contributed by atoms with E-state index in [0.717, 1.165) is 46.0 Å². The predicted octanol–water partition coefficient (Wildman–Crippen LogP) is 4.58. The normalized spacial score (nSPS) is 15.7. The molecule has 0 radical (unpaired) electrons. The number of nitrogens with zero attached hydrogens (tertiary/aromatic N) is 7. The van der Waals surface area contributed by atoms with Crippen molar-refractivity contribution in [2.24, 2.45) is 0 Å². The summed E-state index contributed by atoms with van der Waals surface area (Å²) in [5, 5.41) is 28.4. The Kier molecular flexibility index (Phi) is 6.02. The number of benzene rings is 1. The van der Waals surface area contributed by atoms with Gasteiger partial charge in [0.1, 0.15) is 12.1 Å². The first-order valence-electron chi connectivity index (χ1n) is 11.4. The van der Waals surface area contributed by atoms with Crippen LogP contribution in [0.4, 0.5) is 0 Å². The van der Waals surface area contributed by atoms with Gasteiger partial charge in [-0.15, -0.1) is 0 Å². The van der Waals surface area contributed by atoms with E-state index in [9.17, 15) is 15.3 Å². The molecule has 1 amide bonds. The summed E-state index contributed by atoms with van der Waals surface area (Å²) in [6.45, 7) is 5.04. The lowest BCUT2D eigenvalue weighted by atomic mass is 10.1. The van der Waals surface area contributed by atoms with Gasteiger partial charge in [-0.2, -0.15) is 20.7 Å². The van der Waals surface area contributed by atoms with Gasteiger partial charge in [0.05, 0.1) is 34.6 Å². The van der Waals surface area contributed by atoms with Crippen molar-refractivity contribution in [3.63, 3.8) is 0 Å². The maximum atomic E-state index is 11.9. The number of carbonyl (C=O) groups is 1. The fraction of sp³-hybridized carbons (Fsp3) is 0.269. The Morgan fingerprint density at radius 3 is 2.71 bits per heavy atom. The summed E-state index contributed by atoms with van der Waals surface area (Å²) in [5.41, 5.74) is 4.54. The topological polar surface area (TPSA) is 103 Å². The molecule has 4 aromatic rings. The molecular formula is C26H23N7OS. The Balaban J connectivity index is 1.57. The van der Waals surface area contributed by atoms with E-state index >= 15 is 0 Å². The number of amides is 1. The van der Waals surface area contributed by atoms with E-state index in [1.54, 1.807) is 23.7 Å². The van der Waals surface area contributed by atoms with E-state index in [-0.39, 0.29) is 11.9 Å². The lowest BCUT2D eigenvalue weighted by Gasteiger charge is -2.32. The van der Waals surface area contributed by atoms with Crippen molar-refractivity contribution in [1.29, 1.82) is 10.5 Å². The van der Waals surface area contributed by atoms with Crippen LogP contribution in [0.25, 0.3) is 16.6 Å². The van der Waals surface area contributed by atoms with E-state index in [1.165, 1.54) is 11.8 Å². The SMILES string of the molecule is CC(=O)N1CCC[C@H](n2cc(-c3cc(Sc4ccccc4C#N)c4c(C#N)cnn4c3)c(C)n2)C1. The standard InChI is InChI=1S/C26H23N7OS/c1-17-23(16-32(30-17)22-7-5-9-31(15-22)18(2)34)20-10-25(26-21(12-28)13-29-33(26)14-20)35-24-8-4-3-6-19(24)11-27/h3-4,6,8,10,13-14,16,22H,5,7,9,15H2,1-2H3/t22-/m0/s1. The number of carbonyl (C=O) groups excluding carboxylic acids is 1. The Morgan fingerprint density at radius 2 is 1.94 bits per heavy atom. The average Bonchev–Trinajstić information content (AvgIpc) is 3.47. The number of nitriles is 2. The van der Waals surface area contributed by atoms with Crippen LogP contribution in [0.5, 0.6) is 0 Å². The van der Waals surface area contributed by atoms with Crippen LogP contribution in [0.15, 0.2) is 58.7 Å². The van der Waals surface area contributed by atoms with Crippen LogP contribution in [-0.4, -0.2) is 43.3 Å². The van der Waals surface area contributed by atoms with Gasteiger partial charge in [0.15, 0.2) is 0 Å². The zero-order valence-corrected chi connectivity index (χ0v) is 20.3. The molecule has 1 atom stereocenters. The number of piperidine rings is 1. The van der Waals surface area contributed by atoms with Gasteiger partial charge in [-0.1, -0.05) is 23.9 Å². The molecule has 174 valence electrons. The lowest BCUT2D eigenvalue weighted by Crippen LogP contribution is -2.39. The summed E-state index contributed by atoms with van der Waals surface area (Å²) in [4.78, 5) is 15.4. The van der Waals surface area contributed by atoms with Crippen molar-refractivity contribution in [2.45, 2.75) is 42.5 Å². The van der Waals surface area contributed by atoms with E-state index in [1.807, 2.05) is 53.2 Å². The molecular weight excluding hydrogens is 458 g/mol. The lowest BCUT2D eigenvalue weighted by molar-refractivity contribution is -0.130. The van der Waals surface area contributed by atoms with E-state index < -0.39 is 0 Å². The first-order chi connectivity index (χ1) is 17.0. The van der Waals surface area contributed by atoms with Crippen LogP contribution < -0.4 is 0 Å². The van der Waals surface area contributed by atoms with Gasteiger partial charge in [-0.05, 0) is 38.0 Å². The quantitative estimate of drug-likeness (QED) is 0.423. The summed E-state index contributed by atoms with van der Waals surface area (Å²) >= 11 is 1.45. The van der Waals surface area contributed by atoms with Crippen LogP contribution in [0.1, 0.15) is 42.6 Å². The summed E-state index contributed by atoms with van der Waals surface area (Å²) in [5.74, 6) is 0.0931. The smallest absolute Gasteiger partial charge is 0.219 e. The molecule has 0 aliphatic carbocycles. The fourth-order valence-corrected chi connectivity index (χ4v) is 5.66. The first-order valence-corrected chi connectivity index (χ1v) is 12.2. The molecule has 0 N–H and O–H groups in total. The Hall–Kier alpha value is -4.08. The molecule has 0 bridgehead atoms. The van der Waals surface area contributed by atoms with E-state index in [2.05, 4.69) is 17.2 Å². The number of pyridine rings is 1. The second-order valence-electron chi connectivity index (χ2n) is 8.64. The minimum atomic E-state index is 0.0931. The maximum Gasteiger partial charge on any atom is 0.219 e. The van der Waals surface area contributed by atoms with Gasteiger partial charge < -0.3 is 4.90 Å². The number of hydrogen-bond donors (Lipinski definition) is 0. The number of aromatic nitrogens is 4. The Labute approximate surface area is 207 Å². The van der Waals surface area contributed by atoms with Crippen molar-refractivity contribution < 1.29 is 4.79 Å². The summed E-state index contributed by atoms with van der Waals surface area (Å²) < 4.78 is 3.70. The fourth-order valence-electron chi connectivity index (χ4n) is 4.57. The molecule has 3 aromatic heterocycles. The van der Waals surface area contributed by atoms with Crippen molar-refractivity contribution in [3.05, 3.63) is 65.7 Å². The van der Waals surface area contributed by atoms with E-state index in [4.69, 9.17) is 5.10 Å². The molecule has 1 aliphatic rings. The van der Waals surface area contributed by atoms with Crippen LogP contribution in [0.3, 0.4) is 0 Å². The average molecular weight is 482 g/mol. The second-order valence-corrected chi connectivity index (χ2v) is 9.72. The van der Waals surface area contributed by atoms with Crippen LogP contribution in [0.2, 0.25) is 0 Å². The summed E-state index contributed by atoms with van der Waals surface area (Å²) in [6.07, 6.45) is 7.44. The van der Waals surface area contributed by atoms with Crippen LogP contribution in [0, 0.1) is 29.6 Å². The molecule has 4 heterocycles. The van der Waals surface area contributed by atoms with Gasteiger partial charge in [-0.25, -0.2) is 4.52 Å². The zero-order valence-electron chi connectivity index (χ0n) is 19.5. The third-order valence-electron chi connectivity index (χ3n) is 6.37. The molecule has 1 fully saturated rings. The second kappa shape index (κ2) is 9.28. The Bertz CT molecular complexity index is 1520. The molecule has 0 unspecified atom stereocenters. The highest BCUT2D eigenvalue weighted by atomic mass is 32.2. The van der Waals surface area contributed by atoms with Gasteiger partial charge in [0, 0.05) is 53.3 Å². The van der Waals surface area contributed by atoms with Crippen molar-refractivity contribution in [1.82, 2.24) is 24.3 Å². The molecule has 5 rings (SSSR count). The monoisotopic (exact) mass is 481 g/mol. The minimum absolute atomic E-state index is 0.0931. The largest absolute Gasteiger partial charge is 0.341 e. The highest BCUT2D eigenvalue weighted by Gasteiger charge is 2.25. The third-order valence-corrected chi connectivity index (χ3v) is 7.48. The van der Waals surface area contributed by atoms with Gasteiger partial charge in [-0.3, -0.25) is 9.48 Å². The number of hydrogen-bond acceptors (Lipinski definition) is 6. The van der Waals surface area contributed by atoms with Crippen molar-refractivity contribution in [2.75, 3.05) is 13.1 Å². The predicted molar refractivity (Wildman–Crippen MR) is 132 cm³/mol. The molecule has 1 aromatic carbocycles. The van der Waals surface area contributed by atoms with Crippen molar-refractivity contribution in [3.8, 4) is 23.3 Å².